The first kappa shape index (κ1) is 13.1. The minimum atomic E-state index is -0.483. The molecule has 0 fully saturated rings. The van der Waals surface area contributed by atoms with Crippen molar-refractivity contribution in [3.63, 3.8) is 0 Å². The highest BCUT2D eigenvalue weighted by Crippen LogP contribution is 2.16. The predicted octanol–water partition coefficient (Wildman–Crippen LogP) is 2.07. The molecule has 1 atom stereocenters. The molecule has 0 aromatic carbocycles. The molecule has 0 aliphatic heterocycles. The molecule has 0 saturated carbocycles. The highest BCUT2D eigenvalue weighted by atomic mass is 16.3. The van der Waals surface area contributed by atoms with E-state index in [2.05, 4.69) is 38.0 Å². The number of hydrogen-bond donors (Lipinski definition) is 2. The van der Waals surface area contributed by atoms with E-state index in [4.69, 9.17) is 0 Å². The second-order valence-electron chi connectivity index (χ2n) is 5.04. The Bertz CT molecular complexity index is 331. The summed E-state index contributed by atoms with van der Waals surface area (Å²) >= 11 is 0. The van der Waals surface area contributed by atoms with Gasteiger partial charge in [-0.2, -0.15) is 0 Å². The molecule has 1 heterocycles. The number of hydrogen-bond acceptors (Lipinski definition) is 3. The lowest BCUT2D eigenvalue weighted by molar-refractivity contribution is 0.162. The van der Waals surface area contributed by atoms with Gasteiger partial charge in [0.25, 0.3) is 0 Å². The molecule has 0 unspecified atom stereocenters. The summed E-state index contributed by atoms with van der Waals surface area (Å²) in [6.45, 7) is 8.87. The van der Waals surface area contributed by atoms with Gasteiger partial charge in [0.15, 0.2) is 0 Å². The number of aryl methyl sites for hydroxylation is 1. The van der Waals surface area contributed by atoms with Crippen LogP contribution in [-0.2, 0) is 6.42 Å². The molecule has 0 saturated heterocycles. The first-order valence-corrected chi connectivity index (χ1v) is 5.81. The van der Waals surface area contributed by atoms with Crippen LogP contribution in [0.25, 0.3) is 0 Å². The molecule has 0 spiro atoms. The second kappa shape index (κ2) is 5.41. The van der Waals surface area contributed by atoms with E-state index in [1.54, 1.807) is 6.20 Å². The zero-order valence-electron chi connectivity index (χ0n) is 10.6. The summed E-state index contributed by atoms with van der Waals surface area (Å²) in [5.74, 6) is 0. The zero-order valence-corrected chi connectivity index (χ0v) is 10.6. The largest absolute Gasteiger partial charge is 0.387 e. The van der Waals surface area contributed by atoms with Gasteiger partial charge in [-0.05, 0) is 33.3 Å². The fourth-order valence-electron chi connectivity index (χ4n) is 1.56. The Labute approximate surface area is 97.9 Å². The van der Waals surface area contributed by atoms with Crippen molar-refractivity contribution in [2.45, 2.75) is 45.8 Å². The van der Waals surface area contributed by atoms with Gasteiger partial charge < -0.3 is 10.4 Å². The second-order valence-corrected chi connectivity index (χ2v) is 5.04. The smallest absolute Gasteiger partial charge is 0.0932 e. The van der Waals surface area contributed by atoms with Crippen LogP contribution in [0, 0.1) is 0 Å². The van der Waals surface area contributed by atoms with E-state index in [1.165, 1.54) is 0 Å². The Morgan fingerprint density at radius 3 is 2.69 bits per heavy atom. The van der Waals surface area contributed by atoms with Crippen LogP contribution < -0.4 is 5.32 Å². The molecule has 2 N–H and O–H groups in total. The van der Waals surface area contributed by atoms with Crippen molar-refractivity contribution in [2.24, 2.45) is 0 Å². The molecule has 1 aromatic heterocycles. The van der Waals surface area contributed by atoms with Gasteiger partial charge in [0.1, 0.15) is 0 Å². The quantitative estimate of drug-likeness (QED) is 0.819. The van der Waals surface area contributed by atoms with Crippen LogP contribution in [0.15, 0.2) is 18.3 Å². The van der Waals surface area contributed by atoms with Crippen LogP contribution in [-0.4, -0.2) is 22.2 Å². The first-order valence-electron chi connectivity index (χ1n) is 5.81. The van der Waals surface area contributed by atoms with Crippen LogP contribution in [0.3, 0.4) is 0 Å². The molecular formula is C13H22N2O. The van der Waals surface area contributed by atoms with Crippen molar-refractivity contribution in [3.05, 3.63) is 29.6 Å². The number of pyridine rings is 1. The van der Waals surface area contributed by atoms with E-state index in [9.17, 15) is 5.11 Å². The molecule has 0 amide bonds. The van der Waals surface area contributed by atoms with Gasteiger partial charge in [0.2, 0.25) is 0 Å². The zero-order chi connectivity index (χ0) is 12.2. The van der Waals surface area contributed by atoms with E-state index in [1.807, 2.05) is 12.1 Å². The Kier molecular flexibility index (Phi) is 4.44. The molecule has 0 radical (unpaired) electrons. The molecule has 90 valence electrons. The minimum Gasteiger partial charge on any atom is -0.387 e. The number of aliphatic hydroxyl groups is 1. The Morgan fingerprint density at radius 2 is 2.12 bits per heavy atom. The van der Waals surface area contributed by atoms with Crippen LogP contribution in [0.5, 0.6) is 0 Å². The maximum absolute atomic E-state index is 10.1. The Morgan fingerprint density at radius 1 is 1.44 bits per heavy atom. The maximum atomic E-state index is 10.1. The van der Waals surface area contributed by atoms with E-state index >= 15 is 0 Å². The molecule has 1 aromatic rings. The van der Waals surface area contributed by atoms with Gasteiger partial charge in [-0.1, -0.05) is 13.0 Å². The Balaban J connectivity index is 2.69. The van der Waals surface area contributed by atoms with Crippen molar-refractivity contribution in [1.82, 2.24) is 10.3 Å². The van der Waals surface area contributed by atoms with Crippen LogP contribution in [0.2, 0.25) is 0 Å². The molecule has 0 aliphatic carbocycles. The predicted molar refractivity (Wildman–Crippen MR) is 66.3 cm³/mol. The van der Waals surface area contributed by atoms with Gasteiger partial charge >= 0.3 is 0 Å². The fraction of sp³-hybridized carbons (Fsp3) is 0.615. The standard InChI is InChI=1S/C13H22N2O/c1-5-11-10(7-6-8-14-11)12(16)9-15-13(2,3)4/h6-8,12,15-16H,5,9H2,1-4H3/t12-/m0/s1. The number of aliphatic hydroxyl groups excluding tert-OH is 1. The summed E-state index contributed by atoms with van der Waals surface area (Å²) in [6, 6.07) is 3.82. The van der Waals surface area contributed by atoms with E-state index in [-0.39, 0.29) is 5.54 Å². The normalized spacial score (nSPS) is 13.8. The van der Waals surface area contributed by atoms with Crippen molar-refractivity contribution < 1.29 is 5.11 Å². The number of nitrogens with zero attached hydrogens (tertiary/aromatic N) is 1. The monoisotopic (exact) mass is 222 g/mol. The number of β-amino-alcohol motifs (C(OH)–C–C–N with tert-alkyl or cyclic N) is 1. The van der Waals surface area contributed by atoms with Gasteiger partial charge in [0.05, 0.1) is 6.10 Å². The van der Waals surface area contributed by atoms with Crippen LogP contribution in [0.4, 0.5) is 0 Å². The fourth-order valence-corrected chi connectivity index (χ4v) is 1.56. The topological polar surface area (TPSA) is 45.2 Å². The summed E-state index contributed by atoms with van der Waals surface area (Å²) in [5.41, 5.74) is 1.93. The van der Waals surface area contributed by atoms with Gasteiger partial charge in [-0.3, -0.25) is 4.98 Å². The van der Waals surface area contributed by atoms with Gasteiger partial charge in [-0.15, -0.1) is 0 Å². The molecule has 3 nitrogen and oxygen atoms in total. The minimum absolute atomic E-state index is 0.0234. The molecular weight excluding hydrogens is 200 g/mol. The number of rotatable bonds is 4. The molecule has 1 rings (SSSR count). The average molecular weight is 222 g/mol. The summed E-state index contributed by atoms with van der Waals surface area (Å²) in [7, 11) is 0. The number of aromatic nitrogens is 1. The number of nitrogens with one attached hydrogen (secondary N) is 1. The molecule has 3 heteroatoms. The first-order chi connectivity index (χ1) is 7.44. The summed E-state index contributed by atoms with van der Waals surface area (Å²) in [4.78, 5) is 4.27. The van der Waals surface area contributed by atoms with Crippen LogP contribution in [0.1, 0.15) is 45.1 Å². The van der Waals surface area contributed by atoms with E-state index < -0.39 is 6.10 Å². The van der Waals surface area contributed by atoms with Gasteiger partial charge in [-0.25, -0.2) is 0 Å². The third kappa shape index (κ3) is 3.91. The Hall–Kier alpha value is -0.930. The summed E-state index contributed by atoms with van der Waals surface area (Å²) in [5, 5.41) is 13.4. The maximum Gasteiger partial charge on any atom is 0.0932 e. The summed E-state index contributed by atoms with van der Waals surface area (Å²) < 4.78 is 0. The van der Waals surface area contributed by atoms with Crippen molar-refractivity contribution >= 4 is 0 Å². The lowest BCUT2D eigenvalue weighted by Gasteiger charge is -2.23. The van der Waals surface area contributed by atoms with Crippen molar-refractivity contribution in [2.75, 3.05) is 6.54 Å². The van der Waals surface area contributed by atoms with E-state index in [0.717, 1.165) is 17.7 Å². The molecule has 0 bridgehead atoms. The lowest BCUT2D eigenvalue weighted by Crippen LogP contribution is -2.38. The highest BCUT2D eigenvalue weighted by molar-refractivity contribution is 5.22. The van der Waals surface area contributed by atoms with Crippen molar-refractivity contribution in [1.29, 1.82) is 0 Å². The lowest BCUT2D eigenvalue weighted by atomic mass is 10.0. The van der Waals surface area contributed by atoms with Crippen LogP contribution >= 0.6 is 0 Å². The highest BCUT2D eigenvalue weighted by Gasteiger charge is 2.15. The van der Waals surface area contributed by atoms with Crippen molar-refractivity contribution in [3.8, 4) is 0 Å². The molecule has 16 heavy (non-hydrogen) atoms. The SMILES string of the molecule is CCc1ncccc1[C@@H](O)CNC(C)(C)C. The summed E-state index contributed by atoms with van der Waals surface area (Å²) in [6.07, 6.45) is 2.14. The van der Waals surface area contributed by atoms with Gasteiger partial charge in [0, 0.05) is 29.5 Å². The third-order valence-corrected chi connectivity index (χ3v) is 2.45. The van der Waals surface area contributed by atoms with E-state index in [0.29, 0.717) is 6.54 Å². The molecule has 0 aliphatic rings. The third-order valence-electron chi connectivity index (χ3n) is 2.45. The average Bonchev–Trinajstić information content (AvgIpc) is 2.25.